The summed E-state index contributed by atoms with van der Waals surface area (Å²) in [5.41, 5.74) is 0. The van der Waals surface area contributed by atoms with Crippen LogP contribution in [0.5, 0.6) is 0 Å². The molecule has 1 N–H and O–H groups in total. The first-order chi connectivity index (χ1) is 4.33. The van der Waals surface area contributed by atoms with Gasteiger partial charge in [-0.3, -0.25) is 0 Å². The zero-order valence-corrected chi connectivity index (χ0v) is 5.22. The Hall–Kier alpha value is -0.150. The van der Waals surface area contributed by atoms with E-state index in [0.29, 0.717) is 12.8 Å². The lowest BCUT2D eigenvalue weighted by Gasteiger charge is -2.30. The minimum atomic E-state index is -0.424. The van der Waals surface area contributed by atoms with Crippen LogP contribution in [0.2, 0.25) is 0 Å². The van der Waals surface area contributed by atoms with Crippen molar-refractivity contribution in [2.24, 2.45) is 0 Å². The zero-order chi connectivity index (χ0) is 6.69. The molecule has 1 rings (SSSR count). The summed E-state index contributed by atoms with van der Waals surface area (Å²) in [5.74, 6) is 0. The molecule has 0 atom stereocenters. The summed E-state index contributed by atoms with van der Waals surface area (Å²) in [7, 11) is 0. The largest absolute Gasteiger partial charge is 0.393 e. The molecule has 1 saturated carbocycles. The Balaban J connectivity index is 1.91. The molecular weight excluding hydrogens is 123 g/mol. The molecule has 0 radical (unpaired) electrons. The van der Waals surface area contributed by atoms with Gasteiger partial charge in [-0.05, 0) is 12.8 Å². The summed E-state index contributed by atoms with van der Waals surface area (Å²) < 4.78 is 16.4. The number of ether oxygens (including phenoxy) is 1. The quantitative estimate of drug-likeness (QED) is 0.609. The Morgan fingerprint density at radius 3 is 2.67 bits per heavy atom. The molecule has 0 aromatic heterocycles. The molecule has 0 bridgehead atoms. The lowest BCUT2D eigenvalue weighted by Crippen LogP contribution is -2.35. The van der Waals surface area contributed by atoms with Gasteiger partial charge in [0.05, 0.1) is 18.8 Å². The molecular formula is C6H11FO2. The van der Waals surface area contributed by atoms with E-state index in [2.05, 4.69) is 0 Å². The molecule has 1 aliphatic rings. The maximum absolute atomic E-state index is 11.4. The second-order valence-corrected chi connectivity index (χ2v) is 2.31. The minimum absolute atomic E-state index is 0.121. The van der Waals surface area contributed by atoms with Crippen molar-refractivity contribution < 1.29 is 14.2 Å². The van der Waals surface area contributed by atoms with Gasteiger partial charge in [-0.15, -0.1) is 0 Å². The fourth-order valence-corrected chi connectivity index (χ4v) is 0.885. The average Bonchev–Trinajstić information content (AvgIpc) is 1.78. The Morgan fingerprint density at radius 1 is 1.56 bits per heavy atom. The summed E-state index contributed by atoms with van der Waals surface area (Å²) >= 11 is 0. The minimum Gasteiger partial charge on any atom is -0.393 e. The highest BCUT2D eigenvalue weighted by Crippen LogP contribution is 2.22. The number of alkyl halides is 1. The predicted molar refractivity (Wildman–Crippen MR) is 31.0 cm³/mol. The molecule has 0 amide bonds. The van der Waals surface area contributed by atoms with Crippen LogP contribution in [0.1, 0.15) is 12.8 Å². The summed E-state index contributed by atoms with van der Waals surface area (Å²) in [4.78, 5) is 0. The number of hydrogen-bond acceptors (Lipinski definition) is 2. The SMILES string of the molecule is OC1CC(OCCF)C1. The Morgan fingerprint density at radius 2 is 2.22 bits per heavy atom. The first-order valence-electron chi connectivity index (χ1n) is 3.18. The summed E-state index contributed by atoms with van der Waals surface area (Å²) in [6.45, 7) is -0.246. The zero-order valence-electron chi connectivity index (χ0n) is 5.22. The smallest absolute Gasteiger partial charge is 0.113 e. The normalized spacial score (nSPS) is 34.0. The van der Waals surface area contributed by atoms with Crippen LogP contribution >= 0.6 is 0 Å². The molecule has 0 aromatic rings. The van der Waals surface area contributed by atoms with Gasteiger partial charge in [0.15, 0.2) is 0 Å². The Kier molecular flexibility index (Phi) is 2.42. The molecule has 1 fully saturated rings. The number of aliphatic hydroxyl groups excluding tert-OH is 1. The van der Waals surface area contributed by atoms with E-state index in [9.17, 15) is 4.39 Å². The van der Waals surface area contributed by atoms with Gasteiger partial charge in [0.1, 0.15) is 6.67 Å². The lowest BCUT2D eigenvalue weighted by molar-refractivity contribution is -0.0731. The van der Waals surface area contributed by atoms with Gasteiger partial charge in [-0.1, -0.05) is 0 Å². The van der Waals surface area contributed by atoms with Crippen molar-refractivity contribution in [3.05, 3.63) is 0 Å². The van der Waals surface area contributed by atoms with Crippen molar-refractivity contribution in [1.82, 2.24) is 0 Å². The van der Waals surface area contributed by atoms with Crippen LogP contribution in [-0.2, 0) is 4.74 Å². The van der Waals surface area contributed by atoms with E-state index < -0.39 is 6.67 Å². The van der Waals surface area contributed by atoms with Crippen molar-refractivity contribution in [3.63, 3.8) is 0 Å². The fourth-order valence-electron chi connectivity index (χ4n) is 0.885. The van der Waals surface area contributed by atoms with E-state index in [1.54, 1.807) is 0 Å². The second kappa shape index (κ2) is 3.13. The average molecular weight is 134 g/mol. The van der Waals surface area contributed by atoms with Gasteiger partial charge in [0.25, 0.3) is 0 Å². The van der Waals surface area contributed by atoms with Crippen LogP contribution in [0.15, 0.2) is 0 Å². The predicted octanol–water partition coefficient (Wildman–Crippen LogP) is 0.496. The third-order valence-corrected chi connectivity index (χ3v) is 1.50. The van der Waals surface area contributed by atoms with Crippen LogP contribution in [-0.4, -0.2) is 30.6 Å². The van der Waals surface area contributed by atoms with Gasteiger partial charge >= 0.3 is 0 Å². The van der Waals surface area contributed by atoms with Crippen LogP contribution in [0, 0.1) is 0 Å². The van der Waals surface area contributed by atoms with Crippen molar-refractivity contribution in [3.8, 4) is 0 Å². The third kappa shape index (κ3) is 1.91. The van der Waals surface area contributed by atoms with Crippen molar-refractivity contribution in [2.75, 3.05) is 13.3 Å². The van der Waals surface area contributed by atoms with Gasteiger partial charge in [0, 0.05) is 0 Å². The third-order valence-electron chi connectivity index (χ3n) is 1.50. The summed E-state index contributed by atoms with van der Waals surface area (Å²) in [6, 6.07) is 0. The van der Waals surface area contributed by atoms with Crippen LogP contribution in [0.25, 0.3) is 0 Å². The molecule has 9 heavy (non-hydrogen) atoms. The molecule has 0 spiro atoms. The molecule has 54 valence electrons. The van der Waals surface area contributed by atoms with E-state index in [-0.39, 0.29) is 18.8 Å². The lowest BCUT2D eigenvalue weighted by atomic mass is 9.92. The maximum atomic E-state index is 11.4. The van der Waals surface area contributed by atoms with E-state index in [0.717, 1.165) is 0 Å². The molecule has 0 heterocycles. The topological polar surface area (TPSA) is 29.5 Å². The monoisotopic (exact) mass is 134 g/mol. The Labute approximate surface area is 53.6 Å². The van der Waals surface area contributed by atoms with Gasteiger partial charge < -0.3 is 9.84 Å². The van der Waals surface area contributed by atoms with Gasteiger partial charge in [-0.25, -0.2) is 4.39 Å². The van der Waals surface area contributed by atoms with Crippen LogP contribution < -0.4 is 0 Å². The van der Waals surface area contributed by atoms with E-state index in [4.69, 9.17) is 9.84 Å². The summed E-state index contributed by atoms with van der Waals surface area (Å²) in [5, 5.41) is 8.74. The van der Waals surface area contributed by atoms with Crippen molar-refractivity contribution in [1.29, 1.82) is 0 Å². The number of rotatable bonds is 3. The number of halogens is 1. The molecule has 1 aliphatic carbocycles. The van der Waals surface area contributed by atoms with Crippen molar-refractivity contribution in [2.45, 2.75) is 25.0 Å². The van der Waals surface area contributed by atoms with Crippen LogP contribution in [0.4, 0.5) is 4.39 Å². The molecule has 0 aliphatic heterocycles. The van der Waals surface area contributed by atoms with Crippen LogP contribution in [0.3, 0.4) is 0 Å². The van der Waals surface area contributed by atoms with Gasteiger partial charge in [0.2, 0.25) is 0 Å². The standard InChI is InChI=1S/C6H11FO2/c7-1-2-9-6-3-5(8)4-6/h5-6,8H,1-4H2. The van der Waals surface area contributed by atoms with E-state index in [1.807, 2.05) is 0 Å². The van der Waals surface area contributed by atoms with Crippen molar-refractivity contribution >= 4 is 0 Å². The highest BCUT2D eigenvalue weighted by atomic mass is 19.1. The highest BCUT2D eigenvalue weighted by Gasteiger charge is 2.27. The van der Waals surface area contributed by atoms with Gasteiger partial charge in [-0.2, -0.15) is 0 Å². The maximum Gasteiger partial charge on any atom is 0.113 e. The Bertz CT molecular complexity index is 81.1. The second-order valence-electron chi connectivity index (χ2n) is 2.31. The first kappa shape index (κ1) is 6.96. The molecule has 0 saturated heterocycles. The molecule has 0 unspecified atom stereocenters. The molecule has 2 nitrogen and oxygen atoms in total. The molecule has 3 heteroatoms. The number of hydrogen-bond donors (Lipinski definition) is 1. The first-order valence-corrected chi connectivity index (χ1v) is 3.18. The number of aliphatic hydroxyl groups is 1. The molecule has 0 aromatic carbocycles. The van der Waals surface area contributed by atoms with E-state index >= 15 is 0 Å². The highest BCUT2D eigenvalue weighted by molar-refractivity contribution is 4.78. The van der Waals surface area contributed by atoms with E-state index in [1.165, 1.54) is 0 Å². The fraction of sp³-hybridized carbons (Fsp3) is 1.00. The summed E-state index contributed by atoms with van der Waals surface area (Å²) in [6.07, 6.45) is 1.28.